The summed E-state index contributed by atoms with van der Waals surface area (Å²) in [5.41, 5.74) is 26.7. The molecular weight excluding hydrogens is 1170 g/mol. The van der Waals surface area contributed by atoms with Crippen LogP contribution in [0.2, 0.25) is 10.0 Å². The fraction of sp³-hybridized carbons (Fsp3) is 0. The van der Waals surface area contributed by atoms with Crippen molar-refractivity contribution in [3.8, 4) is 134 Å². The minimum atomic E-state index is 0.684. The van der Waals surface area contributed by atoms with E-state index < -0.39 is 0 Å². The second kappa shape index (κ2) is 23.5. The van der Waals surface area contributed by atoms with E-state index in [0.717, 1.165) is 142 Å². The van der Waals surface area contributed by atoms with E-state index in [0.29, 0.717) is 10.0 Å². The third kappa shape index (κ3) is 10.3. The maximum absolute atomic E-state index is 6.75. The summed E-state index contributed by atoms with van der Waals surface area (Å²) in [6, 6.07) is 109. The van der Waals surface area contributed by atoms with Gasteiger partial charge in [0.05, 0.1) is 0 Å². The molecule has 0 aliphatic rings. The zero-order valence-corrected chi connectivity index (χ0v) is 49.1. The van der Waals surface area contributed by atoms with Crippen molar-refractivity contribution >= 4 is 55.1 Å². The summed E-state index contributed by atoms with van der Waals surface area (Å²) in [5.74, 6) is 0. The maximum atomic E-state index is 6.75. The van der Waals surface area contributed by atoms with E-state index in [2.05, 4.69) is 311 Å². The van der Waals surface area contributed by atoms with Crippen LogP contribution in [0.1, 0.15) is 0 Å². The van der Waals surface area contributed by atoms with Gasteiger partial charge in [-0.15, -0.1) is 0 Å². The average molecular weight is 1220 g/mol. The van der Waals surface area contributed by atoms with Gasteiger partial charge in [-0.1, -0.05) is 310 Å². The van der Waals surface area contributed by atoms with Crippen molar-refractivity contribution in [1.29, 1.82) is 0 Å². The quantitative estimate of drug-likeness (QED) is 0.114. The summed E-state index contributed by atoms with van der Waals surface area (Å²) in [4.78, 5) is 0. The highest BCUT2D eigenvalue weighted by molar-refractivity contribution is 9.10. The molecule has 0 fully saturated rings. The molecular formula is C78H50Br2Cl2. The second-order valence-corrected chi connectivity index (χ2v) is 23.0. The van der Waals surface area contributed by atoms with Crippen molar-refractivity contribution in [3.63, 3.8) is 0 Å². The van der Waals surface area contributed by atoms with Crippen LogP contribution in [-0.2, 0) is 0 Å². The van der Waals surface area contributed by atoms with E-state index in [9.17, 15) is 0 Å². The molecule has 390 valence electrons. The lowest BCUT2D eigenvalue weighted by Crippen LogP contribution is -2.03. The summed E-state index contributed by atoms with van der Waals surface area (Å²) in [7, 11) is 0. The van der Waals surface area contributed by atoms with E-state index in [4.69, 9.17) is 23.2 Å². The minimum absolute atomic E-state index is 0.684. The van der Waals surface area contributed by atoms with Crippen LogP contribution < -0.4 is 0 Å². The fourth-order valence-electron chi connectivity index (χ4n) is 11.9. The smallest absolute Gasteiger partial charge is 0.0406 e. The molecule has 0 spiro atoms. The Labute approximate surface area is 506 Å². The van der Waals surface area contributed by atoms with Crippen molar-refractivity contribution < 1.29 is 0 Å². The fourth-order valence-corrected chi connectivity index (χ4v) is 12.6. The molecule has 0 heterocycles. The average Bonchev–Trinajstić information content (AvgIpc) is 3.02. The molecule has 13 aromatic rings. The van der Waals surface area contributed by atoms with Crippen molar-refractivity contribution in [2.45, 2.75) is 0 Å². The SMILES string of the molecule is Clc1ccc(-c2c(-c3ccccc3)c(-c3ccccc3)c(-c3ccc(-c4c(-c5ccccc5)c(-c5ccccc5)c(-c5ccc(Cl)cc5)c(-c5ccc(Br)cc5)c4-c4ccccc4)cc3)c(-c3ccccc3)c2-c2ccc(Br)cc2)cc1. The molecule has 0 bridgehead atoms. The van der Waals surface area contributed by atoms with Gasteiger partial charge in [-0.2, -0.15) is 0 Å². The van der Waals surface area contributed by atoms with Gasteiger partial charge >= 0.3 is 0 Å². The van der Waals surface area contributed by atoms with Crippen LogP contribution in [0.15, 0.2) is 312 Å². The Hall–Kier alpha value is -8.60. The zero-order valence-electron chi connectivity index (χ0n) is 44.4. The molecule has 82 heavy (non-hydrogen) atoms. The van der Waals surface area contributed by atoms with E-state index >= 15 is 0 Å². The van der Waals surface area contributed by atoms with Gasteiger partial charge in [0.15, 0.2) is 0 Å². The standard InChI is InChI=1S/C78H50Br2Cl2/c79-63-43-35-59(36-44-63)75-71(55-27-15-5-16-28-55)73(67(51-19-7-1-8-20-51)69(53-23-11-3-12-24-53)77(75)61-39-47-65(81)48-40-61)57-31-33-58(34-32-57)74-68(52-21-9-2-10-22-52)70(54-25-13-4-14-26-54)78(62-41-49-66(82)50-42-62)76(60-37-45-64(80)46-38-60)72(74)56-29-17-6-18-30-56/h1-50H. The molecule has 0 aliphatic carbocycles. The number of halogens is 4. The summed E-state index contributed by atoms with van der Waals surface area (Å²) >= 11 is 21.1. The van der Waals surface area contributed by atoms with Gasteiger partial charge in [-0.3, -0.25) is 0 Å². The molecule has 0 unspecified atom stereocenters. The molecule has 0 aliphatic heterocycles. The Bertz CT molecular complexity index is 4070. The lowest BCUT2D eigenvalue weighted by atomic mass is 9.73. The lowest BCUT2D eigenvalue weighted by molar-refractivity contribution is 1.50. The summed E-state index contributed by atoms with van der Waals surface area (Å²) in [6.07, 6.45) is 0. The van der Waals surface area contributed by atoms with E-state index in [1.165, 1.54) is 0 Å². The highest BCUT2D eigenvalue weighted by atomic mass is 79.9. The van der Waals surface area contributed by atoms with Crippen LogP contribution in [0, 0.1) is 0 Å². The molecule has 0 aromatic heterocycles. The van der Waals surface area contributed by atoms with Gasteiger partial charge in [0, 0.05) is 19.0 Å². The summed E-state index contributed by atoms with van der Waals surface area (Å²) in [6.45, 7) is 0. The molecule has 4 heteroatoms. The van der Waals surface area contributed by atoms with Gasteiger partial charge in [0.2, 0.25) is 0 Å². The van der Waals surface area contributed by atoms with Crippen LogP contribution >= 0.6 is 55.1 Å². The number of hydrogen-bond donors (Lipinski definition) is 0. The second-order valence-electron chi connectivity index (χ2n) is 20.3. The molecule has 13 rings (SSSR count). The third-order valence-corrected chi connectivity index (χ3v) is 16.9. The van der Waals surface area contributed by atoms with Crippen molar-refractivity contribution in [3.05, 3.63) is 322 Å². The van der Waals surface area contributed by atoms with E-state index in [-0.39, 0.29) is 0 Å². The Kier molecular flexibility index (Phi) is 15.1. The first kappa shape index (κ1) is 52.8. The van der Waals surface area contributed by atoms with Crippen molar-refractivity contribution in [2.24, 2.45) is 0 Å². The molecule has 13 aromatic carbocycles. The molecule has 0 amide bonds. The van der Waals surface area contributed by atoms with Crippen molar-refractivity contribution in [1.82, 2.24) is 0 Å². The Morgan fingerprint density at radius 1 is 0.146 bits per heavy atom. The van der Waals surface area contributed by atoms with Gasteiger partial charge in [-0.05, 0) is 182 Å². The van der Waals surface area contributed by atoms with Crippen LogP contribution in [-0.4, -0.2) is 0 Å². The highest BCUT2D eigenvalue weighted by Gasteiger charge is 2.32. The van der Waals surface area contributed by atoms with E-state index in [1.807, 2.05) is 24.3 Å². The summed E-state index contributed by atoms with van der Waals surface area (Å²) < 4.78 is 2.02. The van der Waals surface area contributed by atoms with Gasteiger partial charge < -0.3 is 0 Å². The zero-order chi connectivity index (χ0) is 55.5. The molecule has 0 N–H and O–H groups in total. The number of benzene rings is 13. The number of rotatable bonds is 12. The minimum Gasteiger partial charge on any atom is -0.0843 e. The Balaban J connectivity index is 1.21. The molecule has 0 saturated carbocycles. The van der Waals surface area contributed by atoms with Crippen LogP contribution in [0.3, 0.4) is 0 Å². The van der Waals surface area contributed by atoms with Crippen LogP contribution in [0.25, 0.3) is 134 Å². The normalized spacial score (nSPS) is 11.2. The third-order valence-electron chi connectivity index (χ3n) is 15.4. The molecule has 0 radical (unpaired) electrons. The Morgan fingerprint density at radius 3 is 0.427 bits per heavy atom. The first-order valence-corrected chi connectivity index (χ1v) is 29.7. The van der Waals surface area contributed by atoms with Gasteiger partial charge in [0.25, 0.3) is 0 Å². The highest BCUT2D eigenvalue weighted by Crippen LogP contribution is 2.59. The van der Waals surface area contributed by atoms with Gasteiger partial charge in [0.1, 0.15) is 0 Å². The predicted molar refractivity (Wildman–Crippen MR) is 357 cm³/mol. The predicted octanol–water partition coefficient (Wildman–Crippen LogP) is 24.5. The lowest BCUT2D eigenvalue weighted by Gasteiger charge is -2.30. The monoisotopic (exact) mass is 1210 g/mol. The van der Waals surface area contributed by atoms with Gasteiger partial charge in [-0.25, -0.2) is 0 Å². The largest absolute Gasteiger partial charge is 0.0843 e. The topological polar surface area (TPSA) is 0 Å². The molecule has 0 saturated heterocycles. The van der Waals surface area contributed by atoms with Crippen LogP contribution in [0.4, 0.5) is 0 Å². The van der Waals surface area contributed by atoms with Crippen molar-refractivity contribution in [2.75, 3.05) is 0 Å². The molecule has 0 nitrogen and oxygen atoms in total. The molecule has 0 atom stereocenters. The number of hydrogen-bond acceptors (Lipinski definition) is 0. The first-order chi connectivity index (χ1) is 40.4. The Morgan fingerprint density at radius 2 is 0.268 bits per heavy atom. The van der Waals surface area contributed by atoms with E-state index in [1.54, 1.807) is 0 Å². The first-order valence-electron chi connectivity index (χ1n) is 27.3. The summed E-state index contributed by atoms with van der Waals surface area (Å²) in [5, 5.41) is 1.37. The van der Waals surface area contributed by atoms with Crippen LogP contribution in [0.5, 0.6) is 0 Å². The maximum Gasteiger partial charge on any atom is 0.0406 e.